The number of aromatic nitrogens is 2. The number of nitrogens with one attached hydrogen (secondary N) is 1. The average Bonchev–Trinajstić information content (AvgIpc) is 3.22. The number of halogens is 1. The van der Waals surface area contributed by atoms with Gasteiger partial charge in [-0.05, 0) is 33.6 Å². The molecule has 1 aromatic heterocycles. The molecule has 0 unspecified atom stereocenters. The predicted octanol–water partition coefficient (Wildman–Crippen LogP) is 1.56. The molecule has 1 N–H and O–H groups in total. The average molecular weight is 309 g/mol. The maximum absolute atomic E-state index is 12.1. The number of hydrogen-bond acceptors (Lipinski definition) is 5. The van der Waals surface area contributed by atoms with Crippen LogP contribution in [0.1, 0.15) is 44.0 Å². The molecule has 2 aliphatic rings. The Morgan fingerprint density at radius 3 is 2.57 bits per heavy atom. The van der Waals surface area contributed by atoms with Gasteiger partial charge in [-0.15, -0.1) is 0 Å². The fraction of sp³-hybridized carbons (Fsp3) is 0.571. The van der Waals surface area contributed by atoms with Crippen molar-refractivity contribution in [1.82, 2.24) is 15.3 Å². The van der Waals surface area contributed by atoms with Crippen LogP contribution in [0.3, 0.4) is 0 Å². The smallest absolute Gasteiger partial charge is 0.251 e. The first kappa shape index (κ1) is 14.3. The molecule has 3 rings (SSSR count). The van der Waals surface area contributed by atoms with E-state index in [0.717, 1.165) is 12.8 Å². The van der Waals surface area contributed by atoms with Crippen LogP contribution in [-0.4, -0.2) is 33.9 Å². The zero-order valence-corrected chi connectivity index (χ0v) is 13.0. The quantitative estimate of drug-likeness (QED) is 0.663. The van der Waals surface area contributed by atoms with Gasteiger partial charge in [-0.2, -0.15) is 0 Å². The maximum atomic E-state index is 12.1. The van der Waals surface area contributed by atoms with Crippen LogP contribution in [0.5, 0.6) is 0 Å². The first-order valence-corrected chi connectivity index (χ1v) is 7.34. The maximum Gasteiger partial charge on any atom is 0.251 e. The summed E-state index contributed by atoms with van der Waals surface area (Å²) in [7, 11) is 0. The molecule has 1 aliphatic heterocycles. The summed E-state index contributed by atoms with van der Waals surface area (Å²) in [6.07, 6.45) is 2.11. The summed E-state index contributed by atoms with van der Waals surface area (Å²) in [5.74, 6) is 0.960. The van der Waals surface area contributed by atoms with Gasteiger partial charge in [0.05, 0.1) is 6.54 Å². The second-order valence-corrected chi connectivity index (χ2v) is 6.48. The minimum absolute atomic E-state index is 0.0804. The van der Waals surface area contributed by atoms with Crippen molar-refractivity contribution in [3.05, 3.63) is 16.5 Å². The lowest BCUT2D eigenvalue weighted by molar-refractivity contribution is -0.135. The van der Waals surface area contributed by atoms with E-state index in [9.17, 15) is 9.59 Å². The van der Waals surface area contributed by atoms with Crippen molar-refractivity contribution >= 4 is 29.2 Å². The molecule has 0 bridgehead atoms. The zero-order chi connectivity index (χ0) is 15.4. The van der Waals surface area contributed by atoms with Gasteiger partial charge in [0, 0.05) is 11.5 Å². The van der Waals surface area contributed by atoms with E-state index in [1.165, 1.54) is 0 Å². The lowest BCUT2D eigenvalue weighted by Crippen LogP contribution is -2.64. The van der Waals surface area contributed by atoms with E-state index in [4.69, 9.17) is 11.6 Å². The van der Waals surface area contributed by atoms with E-state index in [1.54, 1.807) is 25.7 Å². The van der Waals surface area contributed by atoms with Gasteiger partial charge in [0.1, 0.15) is 22.3 Å². The number of carbonyl (C=O) groups excluding carboxylic acids is 2. The van der Waals surface area contributed by atoms with E-state index in [0.29, 0.717) is 28.3 Å². The number of nitrogens with zero attached hydrogens (tertiary/aromatic N) is 3. The molecule has 2 amide bonds. The van der Waals surface area contributed by atoms with Crippen molar-refractivity contribution in [3.63, 3.8) is 0 Å². The fourth-order valence-electron chi connectivity index (χ4n) is 2.40. The molecule has 21 heavy (non-hydrogen) atoms. The number of anilines is 1. The molecule has 0 radical (unpaired) electrons. The normalized spacial score (nSPS) is 21.4. The van der Waals surface area contributed by atoms with Crippen LogP contribution in [0, 0.1) is 6.92 Å². The highest BCUT2D eigenvalue weighted by atomic mass is 35.5. The molecule has 6 nitrogen and oxygen atoms in total. The number of carbonyl (C=O) groups is 2. The second kappa shape index (κ2) is 4.66. The molecule has 1 aromatic rings. The van der Waals surface area contributed by atoms with Gasteiger partial charge in [0.25, 0.3) is 5.91 Å². The fourth-order valence-corrected chi connectivity index (χ4v) is 2.57. The van der Waals surface area contributed by atoms with Gasteiger partial charge in [0.2, 0.25) is 5.91 Å². The Labute approximate surface area is 127 Å². The molecule has 1 aliphatic carbocycles. The van der Waals surface area contributed by atoms with Crippen molar-refractivity contribution < 1.29 is 9.59 Å². The third-order valence-corrected chi connectivity index (χ3v) is 4.43. The molecular formula is C14H17ClN4O2. The molecule has 1 saturated carbocycles. The lowest BCUT2D eigenvalue weighted by atomic mass is 9.98. The summed E-state index contributed by atoms with van der Waals surface area (Å²) in [5.41, 5.74) is -0.173. The molecule has 7 heteroatoms. The van der Waals surface area contributed by atoms with E-state index in [1.807, 2.05) is 0 Å². The minimum Gasteiger partial charge on any atom is -0.333 e. The van der Waals surface area contributed by atoms with Crippen molar-refractivity contribution in [3.8, 4) is 0 Å². The highest BCUT2D eigenvalue weighted by molar-refractivity contribution is 6.30. The van der Waals surface area contributed by atoms with Crippen molar-refractivity contribution in [2.24, 2.45) is 0 Å². The third-order valence-electron chi connectivity index (χ3n) is 4.06. The molecule has 0 atom stereocenters. The van der Waals surface area contributed by atoms with Crippen LogP contribution >= 0.6 is 11.6 Å². The summed E-state index contributed by atoms with van der Waals surface area (Å²) < 4.78 is 0. The van der Waals surface area contributed by atoms with E-state index >= 15 is 0 Å². The summed E-state index contributed by atoms with van der Waals surface area (Å²) >= 11 is 6.21. The SMILES string of the molecule is Cc1c(Cl)nc(C2CC2)nc1N1CC(=O)NC(=O)C1(C)C. The monoisotopic (exact) mass is 308 g/mol. The van der Waals surface area contributed by atoms with Crippen LogP contribution < -0.4 is 10.2 Å². The summed E-state index contributed by atoms with van der Waals surface area (Å²) in [4.78, 5) is 34.4. The Hall–Kier alpha value is -1.69. The topological polar surface area (TPSA) is 75.2 Å². The van der Waals surface area contributed by atoms with Crippen LogP contribution in [-0.2, 0) is 9.59 Å². The van der Waals surface area contributed by atoms with Gasteiger partial charge in [-0.1, -0.05) is 11.6 Å². The van der Waals surface area contributed by atoms with Crippen molar-refractivity contribution in [1.29, 1.82) is 0 Å². The largest absolute Gasteiger partial charge is 0.333 e. The van der Waals surface area contributed by atoms with Crippen molar-refractivity contribution in [2.75, 3.05) is 11.4 Å². The predicted molar refractivity (Wildman–Crippen MR) is 78.3 cm³/mol. The minimum atomic E-state index is -0.864. The molecule has 0 spiro atoms. The highest BCUT2D eigenvalue weighted by Crippen LogP contribution is 2.40. The van der Waals surface area contributed by atoms with Gasteiger partial charge >= 0.3 is 0 Å². The van der Waals surface area contributed by atoms with Gasteiger partial charge in [-0.3, -0.25) is 14.9 Å². The second-order valence-electron chi connectivity index (χ2n) is 6.12. The number of rotatable bonds is 2. The van der Waals surface area contributed by atoms with Crippen molar-refractivity contribution in [2.45, 2.75) is 45.1 Å². The Morgan fingerprint density at radius 2 is 1.95 bits per heavy atom. The summed E-state index contributed by atoms with van der Waals surface area (Å²) in [6, 6.07) is 0. The summed E-state index contributed by atoms with van der Waals surface area (Å²) in [5, 5.41) is 2.74. The first-order valence-electron chi connectivity index (χ1n) is 6.96. The Balaban J connectivity index is 2.09. The standard InChI is InChI=1S/C14H17ClN4O2/c1-7-10(15)17-11(8-4-5-8)18-12(7)19-6-9(20)16-13(21)14(19,2)3/h8H,4-6H2,1-3H3,(H,16,20,21). The highest BCUT2D eigenvalue weighted by Gasteiger charge is 2.43. The molecule has 2 fully saturated rings. The Morgan fingerprint density at radius 1 is 1.29 bits per heavy atom. The lowest BCUT2D eigenvalue weighted by Gasteiger charge is -2.41. The third kappa shape index (κ3) is 2.37. The van der Waals surface area contributed by atoms with Gasteiger partial charge < -0.3 is 4.90 Å². The molecule has 2 heterocycles. The van der Waals surface area contributed by atoms with Crippen LogP contribution in [0.2, 0.25) is 5.15 Å². The molecule has 1 saturated heterocycles. The molecule has 112 valence electrons. The van der Waals surface area contributed by atoms with E-state index in [2.05, 4.69) is 15.3 Å². The Bertz CT molecular complexity index is 640. The summed E-state index contributed by atoms with van der Waals surface area (Å²) in [6.45, 7) is 5.42. The Kier molecular flexibility index (Phi) is 3.16. The number of imide groups is 1. The van der Waals surface area contributed by atoms with E-state index in [-0.39, 0.29) is 18.4 Å². The van der Waals surface area contributed by atoms with Crippen LogP contribution in [0.4, 0.5) is 5.82 Å². The first-order chi connectivity index (χ1) is 9.80. The number of piperazine rings is 1. The zero-order valence-electron chi connectivity index (χ0n) is 12.2. The molecule has 0 aromatic carbocycles. The van der Waals surface area contributed by atoms with Gasteiger partial charge in [0.15, 0.2) is 0 Å². The number of hydrogen-bond donors (Lipinski definition) is 1. The number of amides is 2. The van der Waals surface area contributed by atoms with Crippen LogP contribution in [0.15, 0.2) is 0 Å². The molecular weight excluding hydrogens is 292 g/mol. The van der Waals surface area contributed by atoms with E-state index < -0.39 is 5.54 Å². The van der Waals surface area contributed by atoms with Gasteiger partial charge in [-0.25, -0.2) is 9.97 Å². The van der Waals surface area contributed by atoms with Crippen LogP contribution in [0.25, 0.3) is 0 Å².